The molecule has 0 bridgehead atoms. The van der Waals surface area contributed by atoms with E-state index in [0.717, 1.165) is 24.0 Å². The van der Waals surface area contributed by atoms with Crippen molar-refractivity contribution in [2.75, 3.05) is 11.1 Å². The van der Waals surface area contributed by atoms with Gasteiger partial charge in [0.15, 0.2) is 0 Å². The number of amides is 1. The van der Waals surface area contributed by atoms with Gasteiger partial charge in [-0.3, -0.25) is 4.79 Å². The molecule has 1 aliphatic rings. The second-order valence-corrected chi connectivity index (χ2v) is 9.43. The first-order valence-electron chi connectivity index (χ1n) is 9.19. The predicted octanol–water partition coefficient (Wildman–Crippen LogP) is 4.90. The van der Waals surface area contributed by atoms with Gasteiger partial charge in [-0.1, -0.05) is 18.2 Å². The van der Waals surface area contributed by atoms with Gasteiger partial charge in [-0.25, -0.2) is 13.4 Å². The molecule has 1 aliphatic carbocycles. The molecule has 0 saturated heterocycles. The van der Waals surface area contributed by atoms with Crippen LogP contribution in [-0.2, 0) is 9.73 Å². The third-order valence-corrected chi connectivity index (χ3v) is 7.32. The van der Waals surface area contributed by atoms with Crippen molar-refractivity contribution in [2.45, 2.75) is 23.0 Å². The van der Waals surface area contributed by atoms with Crippen molar-refractivity contribution in [2.24, 2.45) is 0 Å². The number of halogens is 1. The molecule has 0 unspecified atom stereocenters. The topological polar surface area (TPSA) is 96.0 Å². The Balaban J connectivity index is 1.55. The molecule has 7 heteroatoms. The molecule has 1 fully saturated rings. The molecule has 1 amide bonds. The summed E-state index contributed by atoms with van der Waals surface area (Å²) in [5.74, 6) is -0.679. The van der Waals surface area contributed by atoms with Gasteiger partial charge in [0.25, 0.3) is 5.91 Å². The average molecular weight is 409 g/mol. The third kappa shape index (κ3) is 4.00. The predicted molar refractivity (Wildman–Crippen MR) is 113 cm³/mol. The quantitative estimate of drug-likeness (QED) is 0.523. The maximum atomic E-state index is 13.1. The molecule has 0 heterocycles. The minimum atomic E-state index is -2.79. The van der Waals surface area contributed by atoms with Crippen molar-refractivity contribution in [1.29, 1.82) is 4.78 Å². The first-order chi connectivity index (χ1) is 13.8. The molecule has 0 spiro atoms. The molecule has 29 heavy (non-hydrogen) atoms. The number of rotatable bonds is 5. The van der Waals surface area contributed by atoms with Crippen LogP contribution in [0.5, 0.6) is 0 Å². The number of hydrogen-bond donors (Lipinski definition) is 3. The maximum Gasteiger partial charge on any atom is 0.255 e. The highest BCUT2D eigenvalue weighted by Gasteiger charge is 2.33. The highest BCUT2D eigenvalue weighted by Crippen LogP contribution is 2.34. The van der Waals surface area contributed by atoms with Crippen molar-refractivity contribution in [3.8, 4) is 11.1 Å². The van der Waals surface area contributed by atoms with Crippen LogP contribution in [-0.4, -0.2) is 15.4 Å². The van der Waals surface area contributed by atoms with Crippen molar-refractivity contribution in [3.63, 3.8) is 0 Å². The fourth-order valence-corrected chi connectivity index (χ4v) is 4.81. The molecule has 0 radical (unpaired) electrons. The van der Waals surface area contributed by atoms with E-state index in [1.54, 1.807) is 54.6 Å². The third-order valence-electron chi connectivity index (χ3n) is 4.94. The summed E-state index contributed by atoms with van der Waals surface area (Å²) in [6.07, 6.45) is 1.63. The molecule has 148 valence electrons. The van der Waals surface area contributed by atoms with E-state index in [1.165, 1.54) is 12.1 Å². The highest BCUT2D eigenvalue weighted by atomic mass is 32.2. The van der Waals surface area contributed by atoms with Crippen LogP contribution in [0.15, 0.2) is 71.6 Å². The number of nitrogen functional groups attached to an aromatic ring is 1. The van der Waals surface area contributed by atoms with E-state index in [-0.39, 0.29) is 17.0 Å². The standard InChI is InChI=1S/C22H20FN3O2S/c23-17-6-1-14(2-7-17)16-5-12-20(24)21(13-16)26-22(27)15-3-8-18(9-4-15)29(25,28)19-10-11-19/h1-9,12-13,19,25H,10-11,24H2,(H,26,27)/t29-/m1/s1. The zero-order chi connectivity index (χ0) is 20.6. The summed E-state index contributed by atoms with van der Waals surface area (Å²) in [6, 6.07) is 17.6. The first kappa shape index (κ1) is 19.1. The van der Waals surface area contributed by atoms with Crippen molar-refractivity contribution in [1.82, 2.24) is 0 Å². The molecule has 5 nitrogen and oxygen atoms in total. The Morgan fingerprint density at radius 2 is 1.62 bits per heavy atom. The number of nitrogens with one attached hydrogen (secondary N) is 2. The second-order valence-electron chi connectivity index (χ2n) is 7.09. The molecule has 3 aromatic carbocycles. The van der Waals surface area contributed by atoms with Crippen LogP contribution in [0, 0.1) is 10.6 Å². The number of carbonyl (C=O) groups excluding carboxylic acids is 1. The van der Waals surface area contributed by atoms with Crippen LogP contribution in [0.4, 0.5) is 15.8 Å². The number of hydrogen-bond acceptors (Lipinski definition) is 4. The number of carbonyl (C=O) groups is 1. The summed E-state index contributed by atoms with van der Waals surface area (Å²) in [5.41, 5.74) is 8.83. The molecule has 4 N–H and O–H groups in total. The summed E-state index contributed by atoms with van der Waals surface area (Å²) < 4.78 is 33.7. The van der Waals surface area contributed by atoms with Crippen LogP contribution < -0.4 is 11.1 Å². The van der Waals surface area contributed by atoms with E-state index >= 15 is 0 Å². The molecule has 0 aliphatic heterocycles. The van der Waals surface area contributed by atoms with Crippen molar-refractivity contribution in [3.05, 3.63) is 78.1 Å². The second kappa shape index (κ2) is 7.33. The molecule has 3 aromatic rings. The van der Waals surface area contributed by atoms with Gasteiger partial charge >= 0.3 is 0 Å². The van der Waals surface area contributed by atoms with E-state index < -0.39 is 9.73 Å². The van der Waals surface area contributed by atoms with Crippen molar-refractivity contribution < 1.29 is 13.4 Å². The van der Waals surface area contributed by atoms with Gasteiger partial charge in [0.1, 0.15) is 5.82 Å². The Morgan fingerprint density at radius 1 is 1.00 bits per heavy atom. The van der Waals surface area contributed by atoms with Crippen LogP contribution in [0.1, 0.15) is 23.2 Å². The number of benzene rings is 3. The smallest absolute Gasteiger partial charge is 0.255 e. The van der Waals surface area contributed by atoms with Crippen LogP contribution >= 0.6 is 0 Å². The lowest BCUT2D eigenvalue weighted by atomic mass is 10.0. The number of anilines is 2. The molecular formula is C22H20FN3O2S. The van der Waals surface area contributed by atoms with E-state index in [4.69, 9.17) is 10.5 Å². The van der Waals surface area contributed by atoms with Gasteiger partial charge in [0, 0.05) is 15.7 Å². The maximum absolute atomic E-state index is 13.1. The fraction of sp³-hybridized carbons (Fsp3) is 0.136. The number of nitrogens with two attached hydrogens (primary N) is 1. The van der Waals surface area contributed by atoms with Crippen LogP contribution in [0.3, 0.4) is 0 Å². The Kier molecular flexibility index (Phi) is 4.84. The van der Waals surface area contributed by atoms with E-state index in [0.29, 0.717) is 21.8 Å². The molecular weight excluding hydrogens is 389 g/mol. The molecule has 1 atom stereocenters. The summed E-state index contributed by atoms with van der Waals surface area (Å²) in [4.78, 5) is 13.1. The Morgan fingerprint density at radius 3 is 2.24 bits per heavy atom. The Hall–Kier alpha value is -3.19. The average Bonchev–Trinajstić information content (AvgIpc) is 3.56. The van der Waals surface area contributed by atoms with Gasteiger partial charge in [-0.05, 0) is 72.5 Å². The Bertz CT molecular complexity index is 1170. The van der Waals surface area contributed by atoms with Crippen molar-refractivity contribution >= 4 is 27.0 Å². The van der Waals surface area contributed by atoms with Crippen LogP contribution in [0.25, 0.3) is 11.1 Å². The largest absolute Gasteiger partial charge is 0.397 e. The lowest BCUT2D eigenvalue weighted by Crippen LogP contribution is -2.14. The molecule has 4 rings (SSSR count). The SMILES string of the molecule is N=[S@@](=O)(c1ccc(C(=O)Nc2cc(-c3ccc(F)cc3)ccc2N)cc1)C1CC1. The zero-order valence-corrected chi connectivity index (χ0v) is 16.3. The minimum Gasteiger partial charge on any atom is -0.397 e. The lowest BCUT2D eigenvalue weighted by molar-refractivity contribution is 0.102. The molecule has 1 saturated carbocycles. The first-order valence-corrected chi connectivity index (χ1v) is 10.8. The Labute approximate surface area is 168 Å². The van der Waals surface area contributed by atoms with E-state index in [9.17, 15) is 13.4 Å². The highest BCUT2D eigenvalue weighted by molar-refractivity contribution is 7.93. The van der Waals surface area contributed by atoms with E-state index in [2.05, 4.69) is 5.32 Å². The summed E-state index contributed by atoms with van der Waals surface area (Å²) >= 11 is 0. The summed E-state index contributed by atoms with van der Waals surface area (Å²) in [6.45, 7) is 0. The molecule has 0 aromatic heterocycles. The van der Waals surface area contributed by atoms with Gasteiger partial charge in [-0.2, -0.15) is 0 Å². The summed E-state index contributed by atoms with van der Waals surface area (Å²) in [5, 5.41) is 2.71. The minimum absolute atomic E-state index is 0.0730. The van der Waals surface area contributed by atoms with Gasteiger partial charge in [0.2, 0.25) is 0 Å². The van der Waals surface area contributed by atoms with E-state index in [1.807, 2.05) is 0 Å². The normalized spacial score (nSPS) is 15.5. The van der Waals surface area contributed by atoms with Gasteiger partial charge < -0.3 is 11.1 Å². The van der Waals surface area contributed by atoms with Gasteiger partial charge in [0.05, 0.1) is 21.1 Å². The monoisotopic (exact) mass is 409 g/mol. The zero-order valence-electron chi connectivity index (χ0n) is 15.5. The summed E-state index contributed by atoms with van der Waals surface area (Å²) in [7, 11) is -2.79. The van der Waals surface area contributed by atoms with Crippen LogP contribution in [0.2, 0.25) is 0 Å². The van der Waals surface area contributed by atoms with Gasteiger partial charge in [-0.15, -0.1) is 0 Å². The lowest BCUT2D eigenvalue weighted by Gasteiger charge is -2.12. The fourth-order valence-electron chi connectivity index (χ4n) is 3.08.